The lowest BCUT2D eigenvalue weighted by Gasteiger charge is -2.31. The quantitative estimate of drug-likeness (QED) is 0.868. The lowest BCUT2D eigenvalue weighted by Crippen LogP contribution is -2.45. The molecule has 0 spiro atoms. The number of hydrogen-bond acceptors (Lipinski definition) is 2. The molecule has 3 nitrogen and oxygen atoms in total. The van der Waals surface area contributed by atoms with Gasteiger partial charge in [0.25, 0.3) is 0 Å². The average Bonchev–Trinajstić information content (AvgIpc) is 2.55. The minimum absolute atomic E-state index is 0.0263. The third-order valence-corrected chi connectivity index (χ3v) is 5.12. The van der Waals surface area contributed by atoms with Gasteiger partial charge in [-0.3, -0.25) is 9.59 Å². The Labute approximate surface area is 139 Å². The highest BCUT2D eigenvalue weighted by Gasteiger charge is 2.30. The summed E-state index contributed by atoms with van der Waals surface area (Å²) in [6, 6.07) is 9.46. The predicted molar refractivity (Wildman–Crippen MR) is 93.0 cm³/mol. The molecule has 0 saturated heterocycles. The number of rotatable bonds is 6. The van der Waals surface area contributed by atoms with Crippen LogP contribution >= 0.6 is 0 Å². The summed E-state index contributed by atoms with van der Waals surface area (Å²) in [5.74, 6) is 1.40. The van der Waals surface area contributed by atoms with Crippen LogP contribution in [0.2, 0.25) is 0 Å². The normalized spacial score (nSPS) is 22.6. The van der Waals surface area contributed by atoms with Crippen LogP contribution in [0.5, 0.6) is 0 Å². The fourth-order valence-electron chi connectivity index (χ4n) is 3.51. The summed E-state index contributed by atoms with van der Waals surface area (Å²) in [5.41, 5.74) is 1.08. The largest absolute Gasteiger partial charge is 0.346 e. The lowest BCUT2D eigenvalue weighted by molar-refractivity contribution is -0.130. The molecule has 1 aromatic rings. The molecule has 2 rings (SSSR count). The fourth-order valence-corrected chi connectivity index (χ4v) is 3.51. The van der Waals surface area contributed by atoms with E-state index in [1.165, 1.54) is 6.42 Å². The number of nitrogens with one attached hydrogen (secondary N) is 1. The smallest absolute Gasteiger partial charge is 0.223 e. The number of Topliss-reactive ketones (excluding diaryl/α,β-unsaturated/α-hetero) is 1. The van der Waals surface area contributed by atoms with Crippen molar-refractivity contribution in [3.63, 3.8) is 0 Å². The van der Waals surface area contributed by atoms with Crippen LogP contribution in [0.15, 0.2) is 30.3 Å². The third kappa shape index (κ3) is 5.19. The number of ketones is 1. The molecule has 1 N–H and O–H groups in total. The summed E-state index contributed by atoms with van der Waals surface area (Å²) >= 11 is 0. The van der Waals surface area contributed by atoms with Crippen LogP contribution in [-0.2, 0) is 16.0 Å². The van der Waals surface area contributed by atoms with Crippen molar-refractivity contribution in [3.8, 4) is 0 Å². The molecule has 3 heteroatoms. The fraction of sp³-hybridized carbons (Fsp3) is 0.600. The van der Waals surface area contributed by atoms with Gasteiger partial charge in [0.1, 0.15) is 0 Å². The van der Waals surface area contributed by atoms with Gasteiger partial charge in [0, 0.05) is 5.92 Å². The molecule has 1 aromatic carbocycles. The number of carbonyl (C=O) groups is 2. The second-order valence-corrected chi connectivity index (χ2v) is 7.23. The Morgan fingerprint density at radius 2 is 1.87 bits per heavy atom. The van der Waals surface area contributed by atoms with Crippen LogP contribution in [0.25, 0.3) is 0 Å². The minimum atomic E-state index is -0.413. The number of amides is 1. The Morgan fingerprint density at radius 1 is 1.17 bits per heavy atom. The van der Waals surface area contributed by atoms with Gasteiger partial charge in [0.05, 0.1) is 6.04 Å². The van der Waals surface area contributed by atoms with E-state index in [4.69, 9.17) is 0 Å². The minimum Gasteiger partial charge on any atom is -0.346 e. The summed E-state index contributed by atoms with van der Waals surface area (Å²) in [7, 11) is 0. The van der Waals surface area contributed by atoms with E-state index in [2.05, 4.69) is 19.2 Å². The molecule has 1 amide bonds. The molecule has 1 unspecified atom stereocenters. The van der Waals surface area contributed by atoms with Crippen molar-refractivity contribution in [3.05, 3.63) is 35.9 Å². The molecular formula is C20H29NO2. The Morgan fingerprint density at radius 3 is 2.48 bits per heavy atom. The number of carbonyl (C=O) groups excluding carboxylic acids is 2. The summed E-state index contributed by atoms with van der Waals surface area (Å²) in [4.78, 5) is 24.5. The molecular weight excluding hydrogens is 286 g/mol. The molecule has 0 radical (unpaired) electrons. The first-order valence-corrected chi connectivity index (χ1v) is 8.82. The summed E-state index contributed by atoms with van der Waals surface area (Å²) in [6.45, 7) is 6.03. The van der Waals surface area contributed by atoms with Crippen LogP contribution in [-0.4, -0.2) is 17.7 Å². The summed E-state index contributed by atoms with van der Waals surface area (Å²) < 4.78 is 0. The van der Waals surface area contributed by atoms with Crippen LogP contribution < -0.4 is 5.32 Å². The molecule has 0 aromatic heterocycles. The first kappa shape index (κ1) is 17.7. The highest BCUT2D eigenvalue weighted by atomic mass is 16.2. The van der Waals surface area contributed by atoms with Gasteiger partial charge in [0.15, 0.2) is 5.78 Å². The van der Waals surface area contributed by atoms with Gasteiger partial charge in [-0.1, -0.05) is 57.0 Å². The molecule has 0 bridgehead atoms. The van der Waals surface area contributed by atoms with E-state index in [0.29, 0.717) is 18.3 Å². The molecule has 23 heavy (non-hydrogen) atoms. The van der Waals surface area contributed by atoms with Crippen molar-refractivity contribution in [1.29, 1.82) is 0 Å². The van der Waals surface area contributed by atoms with Crippen molar-refractivity contribution >= 4 is 11.7 Å². The zero-order valence-corrected chi connectivity index (χ0v) is 14.5. The van der Waals surface area contributed by atoms with E-state index in [1.54, 1.807) is 6.92 Å². The first-order valence-electron chi connectivity index (χ1n) is 8.82. The predicted octanol–water partition coefficient (Wildman–Crippen LogP) is 3.77. The molecule has 3 atom stereocenters. The van der Waals surface area contributed by atoms with Crippen LogP contribution in [0.1, 0.15) is 52.0 Å². The summed E-state index contributed by atoms with van der Waals surface area (Å²) in [5, 5.41) is 3.01. The first-order chi connectivity index (χ1) is 11.0. The van der Waals surface area contributed by atoms with E-state index < -0.39 is 6.04 Å². The molecule has 126 valence electrons. The van der Waals surface area contributed by atoms with Crippen molar-refractivity contribution in [1.82, 2.24) is 5.32 Å². The number of hydrogen-bond donors (Lipinski definition) is 1. The lowest BCUT2D eigenvalue weighted by atomic mass is 9.76. The van der Waals surface area contributed by atoms with Gasteiger partial charge in [-0.15, -0.1) is 0 Å². The maximum absolute atomic E-state index is 12.6. The molecule has 1 saturated carbocycles. The topological polar surface area (TPSA) is 46.2 Å². The average molecular weight is 315 g/mol. The molecule has 1 aliphatic rings. The van der Waals surface area contributed by atoms with Crippen LogP contribution in [0.4, 0.5) is 0 Å². The van der Waals surface area contributed by atoms with Crippen molar-refractivity contribution in [2.45, 2.75) is 58.9 Å². The van der Waals surface area contributed by atoms with Crippen molar-refractivity contribution in [2.75, 3.05) is 0 Å². The van der Waals surface area contributed by atoms with E-state index in [1.807, 2.05) is 30.3 Å². The van der Waals surface area contributed by atoms with Gasteiger partial charge in [-0.2, -0.15) is 0 Å². The van der Waals surface area contributed by atoms with Gasteiger partial charge >= 0.3 is 0 Å². The van der Waals surface area contributed by atoms with Gasteiger partial charge in [-0.05, 0) is 43.6 Å². The zero-order chi connectivity index (χ0) is 16.8. The second kappa shape index (κ2) is 8.28. The Hall–Kier alpha value is -1.64. The van der Waals surface area contributed by atoms with Crippen molar-refractivity contribution in [2.24, 2.45) is 17.8 Å². The Balaban J connectivity index is 1.96. The van der Waals surface area contributed by atoms with E-state index in [0.717, 1.165) is 24.8 Å². The second-order valence-electron chi connectivity index (χ2n) is 7.23. The molecule has 0 heterocycles. The molecule has 1 aliphatic carbocycles. The van der Waals surface area contributed by atoms with E-state index >= 15 is 0 Å². The third-order valence-electron chi connectivity index (χ3n) is 5.12. The molecule has 0 aliphatic heterocycles. The summed E-state index contributed by atoms with van der Waals surface area (Å²) in [6.07, 6.45) is 4.82. The Bertz CT molecular complexity index is 524. The SMILES string of the molecule is CC(=O)[C@@H](Cc1ccccc1)NC(=O)[C@H]1CCCC(C(C)C)C1. The van der Waals surface area contributed by atoms with E-state index in [9.17, 15) is 9.59 Å². The standard InChI is InChI=1S/C20H29NO2/c1-14(2)17-10-7-11-18(13-17)20(23)21-19(15(3)22)12-16-8-5-4-6-9-16/h4-6,8-9,14,17-19H,7,10-13H2,1-3H3,(H,21,23)/t17?,18-,19+/m0/s1. The highest BCUT2D eigenvalue weighted by molar-refractivity contribution is 5.88. The maximum atomic E-state index is 12.6. The van der Waals surface area contributed by atoms with Crippen LogP contribution in [0, 0.1) is 17.8 Å². The monoisotopic (exact) mass is 315 g/mol. The van der Waals surface area contributed by atoms with Gasteiger partial charge in [0.2, 0.25) is 5.91 Å². The highest BCUT2D eigenvalue weighted by Crippen LogP contribution is 2.33. The van der Waals surface area contributed by atoms with Crippen LogP contribution in [0.3, 0.4) is 0 Å². The number of benzene rings is 1. The zero-order valence-electron chi connectivity index (χ0n) is 14.5. The Kier molecular flexibility index (Phi) is 6.37. The molecule has 1 fully saturated rings. The maximum Gasteiger partial charge on any atom is 0.223 e. The van der Waals surface area contributed by atoms with Crippen molar-refractivity contribution < 1.29 is 9.59 Å². The van der Waals surface area contributed by atoms with Gasteiger partial charge < -0.3 is 5.32 Å². The van der Waals surface area contributed by atoms with Gasteiger partial charge in [-0.25, -0.2) is 0 Å². The van der Waals surface area contributed by atoms with E-state index in [-0.39, 0.29) is 17.6 Å².